The molecule has 3 aromatic carbocycles. The molecule has 0 unspecified atom stereocenters. The van der Waals surface area contributed by atoms with Crippen molar-refractivity contribution in [1.29, 1.82) is 0 Å². The number of rotatable bonds is 2. The molecule has 0 fully saturated rings. The maximum absolute atomic E-state index is 13.4. The van der Waals surface area contributed by atoms with Crippen LogP contribution in [-0.2, 0) is 4.79 Å². The smallest absolute Gasteiger partial charge is 0.262 e. The van der Waals surface area contributed by atoms with Gasteiger partial charge in [0.25, 0.3) is 5.91 Å². The van der Waals surface area contributed by atoms with E-state index < -0.39 is 0 Å². The number of fused-ring (bicyclic) bond motifs is 2. The minimum Gasteiger partial charge on any atom is -0.298 e. The van der Waals surface area contributed by atoms with Gasteiger partial charge in [-0.05, 0) is 24.3 Å². The number of halogens is 1. The van der Waals surface area contributed by atoms with E-state index in [1.54, 1.807) is 23.1 Å². The van der Waals surface area contributed by atoms with Crippen molar-refractivity contribution in [2.24, 2.45) is 0 Å². The summed E-state index contributed by atoms with van der Waals surface area (Å²) < 4.78 is 0. The number of hydrogen-bond acceptors (Lipinski definition) is 2. The molecule has 3 nitrogen and oxygen atoms in total. The topological polar surface area (TPSA) is 37.4 Å². The molecule has 1 aliphatic heterocycles. The van der Waals surface area contributed by atoms with Crippen LogP contribution in [0.15, 0.2) is 78.9 Å². The van der Waals surface area contributed by atoms with E-state index in [0.717, 1.165) is 6.29 Å². The van der Waals surface area contributed by atoms with Crippen LogP contribution in [0.25, 0.3) is 10.6 Å². The van der Waals surface area contributed by atoms with E-state index in [-0.39, 0.29) is 5.91 Å². The van der Waals surface area contributed by atoms with Gasteiger partial charge in [0, 0.05) is 22.3 Å². The Kier molecular flexibility index (Phi) is 4.15. The molecule has 0 radical (unpaired) electrons. The van der Waals surface area contributed by atoms with Crippen molar-refractivity contribution in [3.63, 3.8) is 0 Å². The minimum absolute atomic E-state index is 0.179. The Morgan fingerprint density at radius 1 is 0.769 bits per heavy atom. The SMILES string of the molecule is O=CC1=C(Cl)c2ccccc2N(C(=O)c2ccccc2)c2ccccc21. The van der Waals surface area contributed by atoms with Gasteiger partial charge in [0.15, 0.2) is 6.29 Å². The highest BCUT2D eigenvalue weighted by Gasteiger charge is 2.29. The predicted octanol–water partition coefficient (Wildman–Crippen LogP) is 5.28. The second-order valence-electron chi connectivity index (χ2n) is 5.89. The third-order valence-electron chi connectivity index (χ3n) is 4.39. The molecule has 4 heteroatoms. The van der Waals surface area contributed by atoms with Crippen molar-refractivity contribution in [3.05, 3.63) is 95.6 Å². The van der Waals surface area contributed by atoms with Gasteiger partial charge in [0.1, 0.15) is 0 Å². The third kappa shape index (κ3) is 2.54. The van der Waals surface area contributed by atoms with Crippen molar-refractivity contribution in [2.75, 3.05) is 4.90 Å². The van der Waals surface area contributed by atoms with Crippen LogP contribution in [0.5, 0.6) is 0 Å². The lowest BCUT2D eigenvalue weighted by atomic mass is 10.0. The number of aldehydes is 1. The van der Waals surface area contributed by atoms with Gasteiger partial charge in [-0.2, -0.15) is 0 Å². The summed E-state index contributed by atoms with van der Waals surface area (Å²) in [5.41, 5.74) is 3.49. The molecule has 3 aromatic rings. The summed E-state index contributed by atoms with van der Waals surface area (Å²) in [6, 6.07) is 23.7. The van der Waals surface area contributed by atoms with Gasteiger partial charge in [-0.15, -0.1) is 0 Å². The van der Waals surface area contributed by atoms with Gasteiger partial charge >= 0.3 is 0 Å². The van der Waals surface area contributed by atoms with E-state index in [1.165, 1.54) is 0 Å². The molecule has 1 aliphatic rings. The highest BCUT2D eigenvalue weighted by molar-refractivity contribution is 6.57. The molecular weight excluding hydrogens is 346 g/mol. The summed E-state index contributed by atoms with van der Waals surface area (Å²) in [4.78, 5) is 26.8. The molecule has 0 saturated heterocycles. The van der Waals surface area contributed by atoms with Crippen LogP contribution in [0.4, 0.5) is 11.4 Å². The summed E-state index contributed by atoms with van der Waals surface area (Å²) in [7, 11) is 0. The van der Waals surface area contributed by atoms with E-state index in [4.69, 9.17) is 11.6 Å². The van der Waals surface area contributed by atoms with Gasteiger partial charge < -0.3 is 0 Å². The number of amides is 1. The zero-order valence-corrected chi connectivity index (χ0v) is 14.5. The Morgan fingerprint density at radius 2 is 1.31 bits per heavy atom. The van der Waals surface area contributed by atoms with Crippen LogP contribution in [0.2, 0.25) is 0 Å². The molecule has 0 saturated carbocycles. The molecule has 0 aromatic heterocycles. The second-order valence-corrected chi connectivity index (χ2v) is 6.26. The Bertz CT molecular complexity index is 1040. The molecule has 126 valence electrons. The maximum Gasteiger partial charge on any atom is 0.262 e. The number of hydrogen-bond donors (Lipinski definition) is 0. The molecule has 0 bridgehead atoms. The molecular formula is C22H14ClNO2. The van der Waals surface area contributed by atoms with E-state index >= 15 is 0 Å². The average Bonchev–Trinajstić information content (AvgIpc) is 2.80. The van der Waals surface area contributed by atoms with E-state index in [0.29, 0.717) is 38.7 Å². The monoisotopic (exact) mass is 359 g/mol. The van der Waals surface area contributed by atoms with Crippen molar-refractivity contribution < 1.29 is 9.59 Å². The number of nitrogens with zero attached hydrogens (tertiary/aromatic N) is 1. The Morgan fingerprint density at radius 3 is 1.96 bits per heavy atom. The Labute approximate surface area is 156 Å². The molecule has 0 spiro atoms. The summed E-state index contributed by atoms with van der Waals surface area (Å²) in [6.45, 7) is 0. The number of anilines is 2. The Hall–Kier alpha value is -3.17. The lowest BCUT2D eigenvalue weighted by Crippen LogP contribution is -2.27. The normalized spacial score (nSPS) is 12.9. The molecule has 1 heterocycles. The van der Waals surface area contributed by atoms with Crippen LogP contribution in [0, 0.1) is 0 Å². The fraction of sp³-hybridized carbons (Fsp3) is 0. The van der Waals surface area contributed by atoms with Gasteiger partial charge in [-0.1, -0.05) is 66.2 Å². The molecule has 1 amide bonds. The standard InChI is InChI=1S/C22H14ClNO2/c23-21-17-11-5-7-13-20(17)24(22(26)15-8-2-1-3-9-15)19-12-6-4-10-16(19)18(21)14-25/h1-14H. The molecule has 26 heavy (non-hydrogen) atoms. The number of para-hydroxylation sites is 2. The van der Waals surface area contributed by atoms with Crippen LogP contribution in [0.1, 0.15) is 21.5 Å². The first kappa shape index (κ1) is 16.3. The minimum atomic E-state index is -0.179. The van der Waals surface area contributed by atoms with E-state index in [1.807, 2.05) is 60.7 Å². The first-order chi connectivity index (χ1) is 12.7. The maximum atomic E-state index is 13.4. The highest BCUT2D eigenvalue weighted by atomic mass is 35.5. The van der Waals surface area contributed by atoms with E-state index in [9.17, 15) is 9.59 Å². The molecule has 0 atom stereocenters. The number of benzene rings is 3. The summed E-state index contributed by atoms with van der Waals surface area (Å²) in [5, 5.41) is 0.339. The number of carbonyl (C=O) groups is 2. The lowest BCUT2D eigenvalue weighted by Gasteiger charge is -2.25. The molecule has 4 rings (SSSR count). The highest BCUT2D eigenvalue weighted by Crippen LogP contribution is 2.44. The van der Waals surface area contributed by atoms with Crippen molar-refractivity contribution in [3.8, 4) is 0 Å². The van der Waals surface area contributed by atoms with Crippen molar-refractivity contribution in [1.82, 2.24) is 0 Å². The number of allylic oxidation sites excluding steroid dienone is 1. The summed E-state index contributed by atoms with van der Waals surface area (Å²) >= 11 is 6.57. The third-order valence-corrected chi connectivity index (χ3v) is 4.80. The second kappa shape index (κ2) is 6.62. The molecule has 0 aliphatic carbocycles. The van der Waals surface area contributed by atoms with Crippen LogP contribution < -0.4 is 4.90 Å². The predicted molar refractivity (Wildman–Crippen MR) is 105 cm³/mol. The van der Waals surface area contributed by atoms with Crippen LogP contribution in [0.3, 0.4) is 0 Å². The first-order valence-corrected chi connectivity index (χ1v) is 8.53. The Balaban J connectivity index is 2.04. The van der Waals surface area contributed by atoms with Crippen LogP contribution in [-0.4, -0.2) is 12.2 Å². The zero-order chi connectivity index (χ0) is 18.1. The summed E-state index contributed by atoms with van der Waals surface area (Å²) in [5.74, 6) is -0.179. The van der Waals surface area contributed by atoms with Gasteiger partial charge in [-0.3, -0.25) is 14.5 Å². The zero-order valence-electron chi connectivity index (χ0n) is 13.7. The van der Waals surface area contributed by atoms with Gasteiger partial charge in [0.05, 0.1) is 16.4 Å². The average molecular weight is 360 g/mol. The fourth-order valence-corrected chi connectivity index (χ4v) is 3.49. The lowest BCUT2D eigenvalue weighted by molar-refractivity contribution is -0.103. The van der Waals surface area contributed by atoms with Crippen molar-refractivity contribution in [2.45, 2.75) is 0 Å². The number of carbonyl (C=O) groups excluding carboxylic acids is 2. The fourth-order valence-electron chi connectivity index (χ4n) is 3.19. The first-order valence-electron chi connectivity index (χ1n) is 8.15. The van der Waals surface area contributed by atoms with E-state index in [2.05, 4.69) is 0 Å². The molecule has 0 N–H and O–H groups in total. The van der Waals surface area contributed by atoms with Gasteiger partial charge in [0.2, 0.25) is 0 Å². The quantitative estimate of drug-likeness (QED) is 0.583. The largest absolute Gasteiger partial charge is 0.298 e. The summed E-state index contributed by atoms with van der Waals surface area (Å²) in [6.07, 6.45) is 0.744. The van der Waals surface area contributed by atoms with Crippen molar-refractivity contribution >= 4 is 45.8 Å². The van der Waals surface area contributed by atoms with Gasteiger partial charge in [-0.25, -0.2) is 0 Å². The van der Waals surface area contributed by atoms with Crippen LogP contribution >= 0.6 is 11.6 Å².